The van der Waals surface area contributed by atoms with Crippen molar-refractivity contribution >= 4 is 5.91 Å². The Morgan fingerprint density at radius 2 is 1.84 bits per heavy atom. The smallest absolute Gasteiger partial charge is 0.315 e. The van der Waals surface area contributed by atoms with Gasteiger partial charge in [-0.15, -0.1) is 0 Å². The molecule has 25 heavy (non-hydrogen) atoms. The summed E-state index contributed by atoms with van der Waals surface area (Å²) in [6.45, 7) is -1.19. The molecule has 0 spiro atoms. The number of amides is 1. The van der Waals surface area contributed by atoms with Crippen LogP contribution in [0.4, 0.5) is 13.2 Å². The number of rotatable bonds is 6. The molecule has 2 atom stereocenters. The molecule has 130 valence electrons. The largest absolute Gasteiger partial charge is 0.386 e. The number of aliphatic hydroxyl groups is 1. The second-order valence-corrected chi connectivity index (χ2v) is 5.18. The van der Waals surface area contributed by atoms with Gasteiger partial charge in [0.2, 0.25) is 0 Å². The van der Waals surface area contributed by atoms with Gasteiger partial charge in [-0.25, -0.2) is 9.37 Å². The summed E-state index contributed by atoms with van der Waals surface area (Å²) in [6.07, 6.45) is -3.25. The summed E-state index contributed by atoms with van der Waals surface area (Å²) in [4.78, 5) is 14.9. The number of pyridine rings is 1. The van der Waals surface area contributed by atoms with Crippen LogP contribution in [0.25, 0.3) is 11.1 Å². The van der Waals surface area contributed by atoms with E-state index in [0.29, 0.717) is 0 Å². The fraction of sp³-hybridized carbons (Fsp3) is 0.235. The van der Waals surface area contributed by atoms with Crippen molar-refractivity contribution in [3.63, 3.8) is 0 Å². The van der Waals surface area contributed by atoms with E-state index in [4.69, 9.17) is 5.26 Å². The van der Waals surface area contributed by atoms with Gasteiger partial charge in [0.05, 0.1) is 6.04 Å². The number of nitriles is 1. The van der Waals surface area contributed by atoms with Gasteiger partial charge in [0.15, 0.2) is 0 Å². The minimum Gasteiger partial charge on any atom is -0.386 e. The quantitative estimate of drug-likeness (QED) is 0.838. The van der Waals surface area contributed by atoms with E-state index in [2.05, 4.69) is 4.98 Å². The summed E-state index contributed by atoms with van der Waals surface area (Å²) >= 11 is 0. The van der Waals surface area contributed by atoms with Gasteiger partial charge in [0.25, 0.3) is 5.91 Å². The van der Waals surface area contributed by atoms with Gasteiger partial charge in [-0.1, -0.05) is 24.3 Å². The third-order valence-corrected chi connectivity index (χ3v) is 3.54. The van der Waals surface area contributed by atoms with Crippen molar-refractivity contribution in [3.05, 3.63) is 53.9 Å². The molecular weight excluding hydrogens is 335 g/mol. The zero-order chi connectivity index (χ0) is 18.4. The fourth-order valence-corrected chi connectivity index (χ4v) is 2.18. The number of halogens is 3. The average Bonchev–Trinajstić information content (AvgIpc) is 2.65. The van der Waals surface area contributed by atoms with E-state index in [9.17, 15) is 23.1 Å². The van der Waals surface area contributed by atoms with Crippen LogP contribution in [0.5, 0.6) is 0 Å². The topological polar surface area (TPSA) is 86.0 Å². The van der Waals surface area contributed by atoms with Crippen molar-refractivity contribution in [2.75, 3.05) is 6.67 Å². The Morgan fingerprint density at radius 3 is 2.32 bits per heavy atom. The maximum Gasteiger partial charge on any atom is 0.315 e. The Hall–Kier alpha value is -2.92. The number of aromatic nitrogens is 1. The van der Waals surface area contributed by atoms with E-state index in [1.807, 2.05) is 6.07 Å². The highest BCUT2D eigenvalue weighted by Gasteiger charge is 2.26. The molecule has 1 heterocycles. The first-order chi connectivity index (χ1) is 12.0. The first-order valence-electron chi connectivity index (χ1n) is 7.25. The highest BCUT2D eigenvalue weighted by Crippen LogP contribution is 2.23. The molecule has 0 unspecified atom stereocenters. The summed E-state index contributed by atoms with van der Waals surface area (Å²) in [5.41, 5.74) is 2.01. The number of nitrogens with one attached hydrogen (secondary N) is 1. The molecule has 0 aliphatic heterocycles. The molecule has 0 bridgehead atoms. The highest BCUT2D eigenvalue weighted by molar-refractivity contribution is 5.79. The van der Waals surface area contributed by atoms with Gasteiger partial charge < -0.3 is 10.4 Å². The molecule has 2 rings (SSSR count). The Labute approximate surface area is 141 Å². The normalized spacial score (nSPS) is 13.1. The summed E-state index contributed by atoms with van der Waals surface area (Å²) < 4.78 is 37.5. The van der Waals surface area contributed by atoms with Crippen LogP contribution in [0, 0.1) is 11.3 Å². The second-order valence-electron chi connectivity index (χ2n) is 5.18. The van der Waals surface area contributed by atoms with Crippen LogP contribution >= 0.6 is 0 Å². The average molecular weight is 349 g/mol. The van der Waals surface area contributed by atoms with Gasteiger partial charge in [-0.3, -0.25) is 4.79 Å². The van der Waals surface area contributed by atoms with Crippen molar-refractivity contribution in [3.8, 4) is 17.2 Å². The minimum atomic E-state index is -3.28. The molecule has 2 aromatic rings. The number of nitrogens with zero attached hydrogens (tertiary/aromatic N) is 2. The van der Waals surface area contributed by atoms with Crippen molar-refractivity contribution in [1.29, 1.82) is 5.26 Å². The van der Waals surface area contributed by atoms with E-state index < -0.39 is 31.2 Å². The Kier molecular flexibility index (Phi) is 6.08. The maximum absolute atomic E-state index is 13.0. The number of hydrogen-bond acceptors (Lipinski definition) is 4. The predicted molar refractivity (Wildman–Crippen MR) is 83.3 cm³/mol. The monoisotopic (exact) mass is 349 g/mol. The number of benzene rings is 1. The summed E-state index contributed by atoms with van der Waals surface area (Å²) in [6, 6.07) is 9.94. The van der Waals surface area contributed by atoms with E-state index in [0.717, 1.165) is 11.1 Å². The molecule has 1 amide bonds. The van der Waals surface area contributed by atoms with Crippen LogP contribution in [0.3, 0.4) is 0 Å². The molecule has 5 nitrogen and oxygen atoms in total. The van der Waals surface area contributed by atoms with Crippen LogP contribution in [-0.2, 0) is 4.79 Å². The minimum absolute atomic E-state index is 0.266. The molecule has 0 radical (unpaired) electrons. The SMILES string of the molecule is N#Cc1ccc(-c2ccc([C@@H](O)[C@@H](CF)NC(=O)C(F)F)cc2)cn1. The van der Waals surface area contributed by atoms with Crippen LogP contribution in [-0.4, -0.2) is 35.1 Å². The van der Waals surface area contributed by atoms with Crippen molar-refractivity contribution < 1.29 is 23.1 Å². The first kappa shape index (κ1) is 18.4. The van der Waals surface area contributed by atoms with Crippen LogP contribution in [0.1, 0.15) is 17.4 Å². The van der Waals surface area contributed by atoms with Crippen molar-refractivity contribution in [1.82, 2.24) is 10.3 Å². The third kappa shape index (κ3) is 4.55. The van der Waals surface area contributed by atoms with E-state index in [-0.39, 0.29) is 11.3 Å². The van der Waals surface area contributed by atoms with Gasteiger partial charge >= 0.3 is 6.43 Å². The molecule has 0 saturated heterocycles. The van der Waals surface area contributed by atoms with Gasteiger partial charge in [-0.05, 0) is 23.3 Å². The third-order valence-electron chi connectivity index (χ3n) is 3.54. The van der Waals surface area contributed by atoms with Crippen molar-refractivity contribution in [2.45, 2.75) is 18.6 Å². The molecule has 0 saturated carbocycles. The fourth-order valence-electron chi connectivity index (χ4n) is 2.18. The zero-order valence-electron chi connectivity index (χ0n) is 12.9. The van der Waals surface area contributed by atoms with Crippen LogP contribution in [0.2, 0.25) is 0 Å². The number of carbonyl (C=O) groups excluding carboxylic acids is 1. The maximum atomic E-state index is 13.0. The molecule has 1 aromatic carbocycles. The number of hydrogen-bond donors (Lipinski definition) is 2. The lowest BCUT2D eigenvalue weighted by atomic mass is 9.99. The summed E-state index contributed by atoms with van der Waals surface area (Å²) in [7, 11) is 0. The first-order valence-corrected chi connectivity index (χ1v) is 7.25. The lowest BCUT2D eigenvalue weighted by Gasteiger charge is -2.21. The van der Waals surface area contributed by atoms with E-state index in [1.54, 1.807) is 29.6 Å². The number of carbonyl (C=O) groups is 1. The standard InChI is InChI=1S/C17H14F3N3O2/c18-7-14(23-17(25)16(19)20)15(24)11-3-1-10(2-4-11)12-5-6-13(8-21)22-9-12/h1-6,9,14-16,24H,7H2,(H,23,25)/t14-,15-/m1/s1. The summed E-state index contributed by atoms with van der Waals surface area (Å²) in [5, 5.41) is 20.6. The lowest BCUT2D eigenvalue weighted by Crippen LogP contribution is -2.43. The lowest BCUT2D eigenvalue weighted by molar-refractivity contribution is -0.133. The molecule has 0 aliphatic carbocycles. The highest BCUT2D eigenvalue weighted by atomic mass is 19.3. The van der Waals surface area contributed by atoms with Gasteiger partial charge in [0, 0.05) is 11.8 Å². The van der Waals surface area contributed by atoms with Crippen molar-refractivity contribution in [2.24, 2.45) is 0 Å². The number of alkyl halides is 3. The Bertz CT molecular complexity index is 758. The molecular formula is C17H14F3N3O2. The summed E-state index contributed by atoms with van der Waals surface area (Å²) in [5.74, 6) is -1.64. The molecule has 2 N–H and O–H groups in total. The van der Waals surface area contributed by atoms with Crippen LogP contribution < -0.4 is 5.32 Å². The second kappa shape index (κ2) is 8.26. The van der Waals surface area contributed by atoms with Gasteiger partial charge in [0.1, 0.15) is 24.5 Å². The van der Waals surface area contributed by atoms with Crippen LogP contribution in [0.15, 0.2) is 42.6 Å². The molecule has 1 aromatic heterocycles. The number of aliphatic hydroxyl groups excluding tert-OH is 1. The molecule has 8 heteroatoms. The predicted octanol–water partition coefficient (Wildman–Crippen LogP) is 2.37. The molecule has 0 fully saturated rings. The molecule has 0 aliphatic rings. The van der Waals surface area contributed by atoms with E-state index in [1.165, 1.54) is 18.3 Å². The Balaban J connectivity index is 2.14. The Morgan fingerprint density at radius 1 is 1.20 bits per heavy atom. The zero-order valence-corrected chi connectivity index (χ0v) is 12.9. The van der Waals surface area contributed by atoms with E-state index >= 15 is 0 Å². The van der Waals surface area contributed by atoms with Gasteiger partial charge in [-0.2, -0.15) is 14.0 Å².